The molecule has 0 bridgehead atoms. The highest BCUT2D eigenvalue weighted by molar-refractivity contribution is 5.89. The number of urea groups is 1. The van der Waals surface area contributed by atoms with E-state index < -0.39 is 0 Å². The van der Waals surface area contributed by atoms with Crippen LogP contribution in [-0.2, 0) is 6.54 Å². The molecule has 0 fully saturated rings. The normalized spacial score (nSPS) is 11.8. The van der Waals surface area contributed by atoms with E-state index in [1.165, 1.54) is 0 Å². The van der Waals surface area contributed by atoms with Crippen LogP contribution in [0.4, 0.5) is 16.2 Å². The van der Waals surface area contributed by atoms with Gasteiger partial charge in [-0.05, 0) is 38.1 Å². The van der Waals surface area contributed by atoms with E-state index in [1.54, 1.807) is 7.05 Å². The summed E-state index contributed by atoms with van der Waals surface area (Å²) in [6.45, 7) is 5.02. The summed E-state index contributed by atoms with van der Waals surface area (Å²) in [5, 5.41) is 12.9. The molecule has 112 valence electrons. The minimum absolute atomic E-state index is 0.169. The molecule has 0 saturated carbocycles. The molecular formula is C15H21N5O. The van der Waals surface area contributed by atoms with E-state index in [-0.39, 0.29) is 12.1 Å². The number of anilines is 2. The van der Waals surface area contributed by atoms with E-state index >= 15 is 0 Å². The van der Waals surface area contributed by atoms with Gasteiger partial charge < -0.3 is 16.0 Å². The number of carbonyl (C=O) groups excluding carboxylic acids is 1. The molecule has 1 unspecified atom stereocenters. The van der Waals surface area contributed by atoms with Crippen LogP contribution in [0.25, 0.3) is 0 Å². The summed E-state index contributed by atoms with van der Waals surface area (Å²) < 4.78 is 1.91. The van der Waals surface area contributed by atoms with E-state index in [9.17, 15) is 4.79 Å². The summed E-state index contributed by atoms with van der Waals surface area (Å²) >= 11 is 0. The second kappa shape index (κ2) is 6.78. The molecule has 1 aromatic heterocycles. The van der Waals surface area contributed by atoms with Crippen LogP contribution >= 0.6 is 0 Å². The minimum Gasteiger partial charge on any atom is -0.378 e. The Morgan fingerprint density at radius 3 is 2.52 bits per heavy atom. The van der Waals surface area contributed by atoms with Crippen molar-refractivity contribution in [1.82, 2.24) is 15.1 Å². The van der Waals surface area contributed by atoms with Crippen molar-refractivity contribution in [3.8, 4) is 0 Å². The number of hydrogen-bond donors (Lipinski definition) is 3. The van der Waals surface area contributed by atoms with E-state index in [1.807, 2.05) is 41.3 Å². The first-order valence-electron chi connectivity index (χ1n) is 7.00. The number of carbonyl (C=O) groups is 1. The highest BCUT2D eigenvalue weighted by Gasteiger charge is 2.08. The second-order valence-electron chi connectivity index (χ2n) is 4.78. The van der Waals surface area contributed by atoms with Gasteiger partial charge >= 0.3 is 6.03 Å². The molecule has 3 N–H and O–H groups in total. The number of rotatable bonds is 5. The van der Waals surface area contributed by atoms with Crippen molar-refractivity contribution < 1.29 is 4.79 Å². The van der Waals surface area contributed by atoms with E-state index in [0.29, 0.717) is 0 Å². The number of aryl methyl sites for hydroxylation is 1. The lowest BCUT2D eigenvalue weighted by atomic mass is 10.2. The van der Waals surface area contributed by atoms with Crippen LogP contribution in [0.5, 0.6) is 0 Å². The van der Waals surface area contributed by atoms with Crippen LogP contribution in [0.15, 0.2) is 36.7 Å². The van der Waals surface area contributed by atoms with Gasteiger partial charge in [0.25, 0.3) is 0 Å². The molecule has 0 aliphatic carbocycles. The first-order chi connectivity index (χ1) is 10.1. The summed E-state index contributed by atoms with van der Waals surface area (Å²) in [6.07, 6.45) is 3.92. The van der Waals surface area contributed by atoms with Crippen molar-refractivity contribution >= 4 is 17.4 Å². The molecule has 2 rings (SSSR count). The Bertz CT molecular complexity index is 590. The maximum Gasteiger partial charge on any atom is 0.318 e. The Morgan fingerprint density at radius 1 is 1.29 bits per heavy atom. The molecule has 0 spiro atoms. The summed E-state index contributed by atoms with van der Waals surface area (Å²) in [5.74, 6) is 0. The topological polar surface area (TPSA) is 71.0 Å². The van der Waals surface area contributed by atoms with E-state index in [0.717, 1.165) is 23.5 Å². The van der Waals surface area contributed by atoms with Crippen LogP contribution in [0.2, 0.25) is 0 Å². The fourth-order valence-electron chi connectivity index (χ4n) is 1.95. The molecule has 2 amide bonds. The van der Waals surface area contributed by atoms with Crippen molar-refractivity contribution in [3.05, 3.63) is 42.2 Å². The fourth-order valence-corrected chi connectivity index (χ4v) is 1.95. The Balaban J connectivity index is 1.97. The molecule has 21 heavy (non-hydrogen) atoms. The Morgan fingerprint density at radius 2 is 1.95 bits per heavy atom. The van der Waals surface area contributed by atoms with Gasteiger partial charge in [0.15, 0.2) is 0 Å². The number of nitrogens with one attached hydrogen (secondary N) is 3. The number of aromatic nitrogens is 2. The lowest BCUT2D eigenvalue weighted by Crippen LogP contribution is -2.24. The van der Waals surface area contributed by atoms with Gasteiger partial charge in [0, 0.05) is 36.7 Å². The largest absolute Gasteiger partial charge is 0.378 e. The van der Waals surface area contributed by atoms with Crippen molar-refractivity contribution in [2.75, 3.05) is 17.7 Å². The number of amides is 2. The van der Waals surface area contributed by atoms with Crippen molar-refractivity contribution in [2.45, 2.75) is 26.4 Å². The van der Waals surface area contributed by atoms with Gasteiger partial charge in [-0.25, -0.2) is 4.79 Å². The Kier molecular flexibility index (Phi) is 4.81. The monoisotopic (exact) mass is 287 g/mol. The molecular weight excluding hydrogens is 266 g/mol. The summed E-state index contributed by atoms with van der Waals surface area (Å²) in [5.41, 5.74) is 2.89. The van der Waals surface area contributed by atoms with Crippen molar-refractivity contribution in [3.63, 3.8) is 0 Å². The summed E-state index contributed by atoms with van der Waals surface area (Å²) in [7, 11) is 1.59. The van der Waals surface area contributed by atoms with Crippen molar-refractivity contribution in [1.29, 1.82) is 0 Å². The first kappa shape index (κ1) is 14.9. The zero-order chi connectivity index (χ0) is 15.2. The maximum atomic E-state index is 11.2. The van der Waals surface area contributed by atoms with Gasteiger partial charge in [0.2, 0.25) is 0 Å². The third-order valence-corrected chi connectivity index (χ3v) is 3.23. The highest BCUT2D eigenvalue weighted by atomic mass is 16.2. The van der Waals surface area contributed by atoms with Crippen molar-refractivity contribution in [2.24, 2.45) is 0 Å². The lowest BCUT2D eigenvalue weighted by molar-refractivity contribution is 0.254. The van der Waals surface area contributed by atoms with Gasteiger partial charge in [-0.1, -0.05) is 0 Å². The quantitative estimate of drug-likeness (QED) is 0.792. The van der Waals surface area contributed by atoms with Crippen LogP contribution in [0.3, 0.4) is 0 Å². The van der Waals surface area contributed by atoms with Gasteiger partial charge in [-0.2, -0.15) is 5.10 Å². The molecule has 1 heterocycles. The minimum atomic E-state index is -0.226. The second-order valence-corrected chi connectivity index (χ2v) is 4.78. The van der Waals surface area contributed by atoms with Crippen LogP contribution in [-0.4, -0.2) is 22.9 Å². The molecule has 0 aliphatic heterocycles. The number of benzene rings is 1. The van der Waals surface area contributed by atoms with Crippen LogP contribution in [0.1, 0.15) is 25.5 Å². The van der Waals surface area contributed by atoms with Crippen LogP contribution < -0.4 is 16.0 Å². The third-order valence-electron chi connectivity index (χ3n) is 3.23. The smallest absolute Gasteiger partial charge is 0.318 e. The predicted molar refractivity (Wildman–Crippen MR) is 84.5 cm³/mol. The Hall–Kier alpha value is -2.50. The van der Waals surface area contributed by atoms with Crippen LogP contribution in [0, 0.1) is 0 Å². The van der Waals surface area contributed by atoms with Gasteiger partial charge in [-0.3, -0.25) is 4.68 Å². The average Bonchev–Trinajstić information content (AvgIpc) is 2.98. The zero-order valence-corrected chi connectivity index (χ0v) is 12.6. The molecule has 2 aromatic rings. The standard InChI is InChI=1S/C15H21N5O/c1-4-20-10-12(9-17-20)11(2)18-13-5-7-14(8-6-13)19-15(21)16-3/h5-11,18H,4H2,1-3H3,(H2,16,19,21). The van der Waals surface area contributed by atoms with Gasteiger partial charge in [0.1, 0.15) is 0 Å². The molecule has 0 aliphatic rings. The average molecular weight is 287 g/mol. The molecule has 1 atom stereocenters. The highest BCUT2D eigenvalue weighted by Crippen LogP contribution is 2.20. The predicted octanol–water partition coefficient (Wildman–Crippen LogP) is 2.83. The first-order valence-corrected chi connectivity index (χ1v) is 7.00. The maximum absolute atomic E-state index is 11.2. The van der Waals surface area contributed by atoms with Gasteiger partial charge in [0.05, 0.1) is 12.2 Å². The molecule has 0 radical (unpaired) electrons. The van der Waals surface area contributed by atoms with Gasteiger partial charge in [-0.15, -0.1) is 0 Å². The summed E-state index contributed by atoms with van der Waals surface area (Å²) in [4.78, 5) is 11.2. The lowest BCUT2D eigenvalue weighted by Gasteiger charge is -2.14. The Labute approximate surface area is 124 Å². The number of nitrogens with zero attached hydrogens (tertiary/aromatic N) is 2. The summed E-state index contributed by atoms with van der Waals surface area (Å²) in [6, 6.07) is 7.54. The van der Waals surface area contributed by atoms with E-state index in [4.69, 9.17) is 0 Å². The van der Waals surface area contributed by atoms with E-state index in [2.05, 4.69) is 34.9 Å². The fraction of sp³-hybridized carbons (Fsp3) is 0.333. The molecule has 6 heteroatoms. The SMILES string of the molecule is CCn1cc(C(C)Nc2ccc(NC(=O)NC)cc2)cn1. The molecule has 1 aromatic carbocycles. The molecule has 0 saturated heterocycles. The number of hydrogen-bond acceptors (Lipinski definition) is 3. The molecule has 6 nitrogen and oxygen atoms in total. The zero-order valence-electron chi connectivity index (χ0n) is 12.6. The third kappa shape index (κ3) is 3.98.